The fourth-order valence-electron chi connectivity index (χ4n) is 6.15. The van der Waals surface area contributed by atoms with Crippen LogP contribution < -0.4 is 25.7 Å². The largest absolute Gasteiger partial charge is 0.497 e. The Labute approximate surface area is 282 Å². The van der Waals surface area contributed by atoms with Crippen molar-refractivity contribution in [3.05, 3.63) is 118 Å². The lowest BCUT2D eigenvalue weighted by Crippen LogP contribution is -2.25. The summed E-state index contributed by atoms with van der Waals surface area (Å²) in [5, 5.41) is 21.6. The molecule has 0 spiro atoms. The van der Waals surface area contributed by atoms with Crippen molar-refractivity contribution in [1.82, 2.24) is 24.1 Å². The first-order valence-electron chi connectivity index (χ1n) is 16.3. The van der Waals surface area contributed by atoms with Crippen LogP contribution in [0.25, 0.3) is 16.7 Å². The molecule has 250 valence electrons. The number of benzene rings is 3. The number of hydrogen-bond acceptors (Lipinski definition) is 8. The van der Waals surface area contributed by atoms with E-state index in [-0.39, 0.29) is 11.1 Å². The van der Waals surface area contributed by atoms with Gasteiger partial charge in [-0.15, -0.1) is 0 Å². The van der Waals surface area contributed by atoms with E-state index in [9.17, 15) is 14.7 Å². The maximum Gasteiger partial charge on any atom is 0.284 e. The molecule has 3 aromatic heterocycles. The zero-order valence-electron chi connectivity index (χ0n) is 27.3. The Morgan fingerprint density at radius 1 is 0.980 bits per heavy atom. The molecule has 1 atom stereocenters. The van der Waals surface area contributed by atoms with Crippen molar-refractivity contribution in [2.45, 2.75) is 45.4 Å². The highest BCUT2D eigenvalue weighted by atomic mass is 16.5. The van der Waals surface area contributed by atoms with Gasteiger partial charge in [0.05, 0.1) is 31.1 Å². The number of carbonyl (C=O) groups excluding carboxylic acids is 1. The van der Waals surface area contributed by atoms with Crippen molar-refractivity contribution < 1.29 is 19.4 Å². The number of hydrogen-bond donors (Lipinski definition) is 3. The number of aliphatic hydroxyl groups is 1. The van der Waals surface area contributed by atoms with E-state index in [2.05, 4.69) is 15.6 Å². The zero-order chi connectivity index (χ0) is 33.9. The lowest BCUT2D eigenvalue weighted by atomic mass is 10.1. The fraction of sp³-hybridized carbons (Fsp3) is 0.243. The van der Waals surface area contributed by atoms with Crippen molar-refractivity contribution >= 4 is 28.4 Å². The minimum atomic E-state index is -0.593. The molecule has 0 aliphatic carbocycles. The predicted molar refractivity (Wildman–Crippen MR) is 187 cm³/mol. The van der Waals surface area contributed by atoms with Gasteiger partial charge in [-0.1, -0.05) is 30.3 Å². The lowest BCUT2D eigenvalue weighted by molar-refractivity contribution is 0.102. The topological polar surface area (TPSA) is 137 Å². The molecule has 6 aromatic rings. The molecule has 0 unspecified atom stereocenters. The van der Waals surface area contributed by atoms with Crippen molar-refractivity contribution in [3.8, 4) is 22.9 Å². The number of para-hydroxylation sites is 1. The minimum absolute atomic E-state index is 0.173. The minimum Gasteiger partial charge on any atom is -0.497 e. The Morgan fingerprint density at radius 2 is 1.73 bits per heavy atom. The molecular weight excluding hydrogens is 622 g/mol. The molecule has 12 heteroatoms. The number of methoxy groups -OCH3 is 1. The predicted octanol–water partition coefficient (Wildman–Crippen LogP) is 5.61. The van der Waals surface area contributed by atoms with Crippen LogP contribution in [0.4, 0.5) is 11.5 Å². The number of amides is 1. The van der Waals surface area contributed by atoms with Gasteiger partial charge in [0, 0.05) is 31.0 Å². The van der Waals surface area contributed by atoms with Gasteiger partial charge < -0.3 is 25.2 Å². The second-order valence-corrected chi connectivity index (χ2v) is 12.0. The van der Waals surface area contributed by atoms with Crippen LogP contribution in [-0.4, -0.2) is 54.9 Å². The Kier molecular flexibility index (Phi) is 8.86. The molecular formula is C37H37N7O5. The SMILES string of the molecule is COc1ccc(Cn2nc(NC[C@H](C)O)c3c(Oc4ccc(NC(=O)c5c6n(n(-c7ccccc7)c5=O)CCCC6)cc4)ccnc32)cc1. The summed E-state index contributed by atoms with van der Waals surface area (Å²) < 4.78 is 17.0. The van der Waals surface area contributed by atoms with Crippen LogP contribution >= 0.6 is 0 Å². The van der Waals surface area contributed by atoms with E-state index in [1.54, 1.807) is 59.9 Å². The van der Waals surface area contributed by atoms with Crippen LogP contribution in [0.5, 0.6) is 17.2 Å². The highest BCUT2D eigenvalue weighted by molar-refractivity contribution is 6.05. The number of fused-ring (bicyclic) bond motifs is 2. The Hall–Kier alpha value is -5.88. The molecule has 0 bridgehead atoms. The van der Waals surface area contributed by atoms with Crippen LogP contribution in [-0.2, 0) is 19.5 Å². The van der Waals surface area contributed by atoms with Crippen LogP contribution in [0.2, 0.25) is 0 Å². The van der Waals surface area contributed by atoms with Gasteiger partial charge in [-0.05, 0) is 80.3 Å². The highest BCUT2D eigenvalue weighted by Gasteiger charge is 2.28. The molecule has 0 fully saturated rings. The molecule has 0 saturated carbocycles. The summed E-state index contributed by atoms with van der Waals surface area (Å²) in [5.74, 6) is 1.92. The normalized spacial score (nSPS) is 13.1. The average molecular weight is 660 g/mol. The summed E-state index contributed by atoms with van der Waals surface area (Å²) >= 11 is 0. The van der Waals surface area contributed by atoms with E-state index < -0.39 is 12.0 Å². The number of nitrogens with one attached hydrogen (secondary N) is 2. The summed E-state index contributed by atoms with van der Waals surface area (Å²) in [6.07, 6.45) is 3.60. The summed E-state index contributed by atoms with van der Waals surface area (Å²) in [6.45, 7) is 3.13. The molecule has 49 heavy (non-hydrogen) atoms. The number of pyridine rings is 1. The molecule has 0 radical (unpaired) electrons. The average Bonchev–Trinajstić information content (AvgIpc) is 3.63. The maximum absolute atomic E-state index is 13.6. The number of carbonyl (C=O) groups is 1. The Bertz CT molecular complexity index is 2150. The third-order valence-corrected chi connectivity index (χ3v) is 8.50. The monoisotopic (exact) mass is 659 g/mol. The second-order valence-electron chi connectivity index (χ2n) is 12.0. The van der Waals surface area contributed by atoms with Gasteiger partial charge in [0.25, 0.3) is 11.5 Å². The summed E-state index contributed by atoms with van der Waals surface area (Å²) in [7, 11) is 1.63. The Morgan fingerprint density at radius 3 is 2.47 bits per heavy atom. The molecule has 1 aliphatic rings. The van der Waals surface area contributed by atoms with E-state index in [0.717, 1.165) is 35.5 Å². The van der Waals surface area contributed by atoms with Gasteiger partial charge in [-0.2, -0.15) is 5.10 Å². The molecule has 1 amide bonds. The Balaban J connectivity index is 1.13. The smallest absolute Gasteiger partial charge is 0.284 e. The van der Waals surface area contributed by atoms with Gasteiger partial charge in [0.15, 0.2) is 11.5 Å². The van der Waals surface area contributed by atoms with Gasteiger partial charge >= 0.3 is 0 Å². The van der Waals surface area contributed by atoms with Crippen LogP contribution in [0.15, 0.2) is 95.9 Å². The highest BCUT2D eigenvalue weighted by Crippen LogP contribution is 2.35. The lowest BCUT2D eigenvalue weighted by Gasteiger charge is -2.19. The molecule has 0 saturated heterocycles. The first kappa shape index (κ1) is 31.7. The van der Waals surface area contributed by atoms with Gasteiger partial charge in [-0.25, -0.2) is 14.3 Å². The van der Waals surface area contributed by atoms with Crippen LogP contribution in [0.1, 0.15) is 41.4 Å². The summed E-state index contributed by atoms with van der Waals surface area (Å²) in [6, 6.07) is 25.9. The van der Waals surface area contributed by atoms with E-state index >= 15 is 0 Å². The number of aliphatic hydroxyl groups excluding tert-OH is 1. The van der Waals surface area contributed by atoms with E-state index in [1.165, 1.54) is 0 Å². The number of anilines is 2. The molecule has 12 nitrogen and oxygen atoms in total. The maximum atomic E-state index is 13.6. The number of nitrogens with zero attached hydrogens (tertiary/aromatic N) is 5. The molecule has 3 aromatic carbocycles. The number of rotatable bonds is 11. The standard InChI is InChI=1S/C37H37N7O5/c1-24(45)22-39-34-33-31(19-20-38-35(33)42(41-34)23-25-11-15-28(48-2)16-12-25)49-29-17-13-26(14-18-29)40-36(46)32-30-10-6-7-21-43(30)44(37(32)47)27-8-4-3-5-9-27/h3-5,8-9,11-20,24,45H,6-7,10,21-23H2,1-2H3,(H,39,41)(H,40,46)/t24-/m0/s1. The molecule has 4 heterocycles. The number of ether oxygens (including phenoxy) is 2. The van der Waals surface area contributed by atoms with E-state index in [0.29, 0.717) is 60.1 Å². The third-order valence-electron chi connectivity index (χ3n) is 8.50. The quantitative estimate of drug-likeness (QED) is 0.163. The zero-order valence-corrected chi connectivity index (χ0v) is 27.3. The second kappa shape index (κ2) is 13.7. The van der Waals surface area contributed by atoms with Crippen LogP contribution in [0.3, 0.4) is 0 Å². The van der Waals surface area contributed by atoms with Crippen molar-refractivity contribution in [2.75, 3.05) is 24.3 Å². The first-order valence-corrected chi connectivity index (χ1v) is 16.3. The van der Waals surface area contributed by atoms with Gasteiger partial charge in [0.1, 0.15) is 28.2 Å². The van der Waals surface area contributed by atoms with Gasteiger partial charge in [-0.3, -0.25) is 14.3 Å². The molecule has 1 aliphatic heterocycles. The van der Waals surface area contributed by atoms with E-state index in [1.807, 2.05) is 59.3 Å². The number of aromatic nitrogens is 5. The van der Waals surface area contributed by atoms with Crippen molar-refractivity contribution in [1.29, 1.82) is 0 Å². The summed E-state index contributed by atoms with van der Waals surface area (Å²) in [4.78, 5) is 31.8. The third kappa shape index (κ3) is 6.50. The fourth-order valence-corrected chi connectivity index (χ4v) is 6.15. The summed E-state index contributed by atoms with van der Waals surface area (Å²) in [5.41, 5.74) is 3.50. The van der Waals surface area contributed by atoms with Crippen LogP contribution in [0, 0.1) is 0 Å². The molecule has 3 N–H and O–H groups in total. The van der Waals surface area contributed by atoms with Gasteiger partial charge in [0.2, 0.25) is 0 Å². The van der Waals surface area contributed by atoms with Crippen molar-refractivity contribution in [3.63, 3.8) is 0 Å². The van der Waals surface area contributed by atoms with E-state index in [4.69, 9.17) is 14.6 Å². The molecule has 7 rings (SSSR count). The first-order chi connectivity index (χ1) is 23.9. The van der Waals surface area contributed by atoms with Crippen molar-refractivity contribution in [2.24, 2.45) is 0 Å².